The number of anilines is 1. The number of carbonyl (C=O) groups excluding carboxylic acids is 2. The van der Waals surface area contributed by atoms with E-state index in [0.29, 0.717) is 17.0 Å². The molecular weight excluding hydrogens is 371 g/mol. The largest absolute Gasteiger partial charge is 0.483 e. The first kappa shape index (κ1) is 18.0. The molecule has 3 aliphatic rings. The maximum absolute atomic E-state index is 13.6. The second-order valence-corrected chi connectivity index (χ2v) is 7.97. The van der Waals surface area contributed by atoms with Crippen molar-refractivity contribution >= 4 is 17.5 Å². The van der Waals surface area contributed by atoms with Gasteiger partial charge in [0.05, 0.1) is 17.5 Å². The number of aromatic nitrogens is 1. The zero-order chi connectivity index (χ0) is 20.1. The van der Waals surface area contributed by atoms with Crippen LogP contribution in [0.4, 0.5) is 10.2 Å². The van der Waals surface area contributed by atoms with Crippen LogP contribution in [0, 0.1) is 18.7 Å². The average Bonchev–Trinajstić information content (AvgIpc) is 3.02. The molecule has 1 aromatic carbocycles. The molecule has 0 radical (unpaired) electrons. The first-order valence-electron chi connectivity index (χ1n) is 10.0. The van der Waals surface area contributed by atoms with Crippen LogP contribution in [0.15, 0.2) is 53.9 Å². The molecule has 1 aromatic heterocycles. The molecule has 2 aromatic rings. The molecular formula is C23H21FN2O3. The van der Waals surface area contributed by atoms with Crippen molar-refractivity contribution in [1.29, 1.82) is 0 Å². The van der Waals surface area contributed by atoms with Crippen molar-refractivity contribution in [3.05, 3.63) is 70.9 Å². The maximum Gasteiger partial charge on any atom is 0.295 e. The molecule has 5 rings (SSSR count). The number of amides is 1. The third-order valence-electron chi connectivity index (χ3n) is 6.10. The number of carbonyl (C=O) groups is 2. The normalized spacial score (nSPS) is 26.3. The number of hydrogen-bond donors (Lipinski definition) is 0. The summed E-state index contributed by atoms with van der Waals surface area (Å²) in [6.07, 6.45) is 4.93. The summed E-state index contributed by atoms with van der Waals surface area (Å²) in [6.45, 7) is 1.92. The Morgan fingerprint density at radius 2 is 1.86 bits per heavy atom. The maximum atomic E-state index is 13.6. The Morgan fingerprint density at radius 1 is 1.10 bits per heavy atom. The van der Waals surface area contributed by atoms with Crippen molar-refractivity contribution < 1.29 is 18.7 Å². The number of hydrogen-bond acceptors (Lipinski definition) is 4. The zero-order valence-electron chi connectivity index (χ0n) is 16.1. The molecule has 1 amide bonds. The van der Waals surface area contributed by atoms with Crippen LogP contribution in [0.3, 0.4) is 0 Å². The number of fused-ring (bicyclic) bond motifs is 1. The molecule has 2 aliphatic heterocycles. The minimum atomic E-state index is -0.664. The quantitative estimate of drug-likeness (QED) is 0.774. The van der Waals surface area contributed by atoms with E-state index in [1.165, 1.54) is 17.0 Å². The van der Waals surface area contributed by atoms with Crippen LogP contribution in [-0.4, -0.2) is 22.8 Å². The predicted molar refractivity (Wildman–Crippen MR) is 104 cm³/mol. The van der Waals surface area contributed by atoms with Gasteiger partial charge in [0.1, 0.15) is 17.7 Å². The van der Waals surface area contributed by atoms with E-state index >= 15 is 0 Å². The molecule has 1 aliphatic carbocycles. The number of ether oxygens (including phenoxy) is 1. The summed E-state index contributed by atoms with van der Waals surface area (Å²) in [4.78, 5) is 32.8. The molecule has 5 nitrogen and oxygen atoms in total. The lowest BCUT2D eigenvalue weighted by Crippen LogP contribution is -2.39. The molecule has 0 spiro atoms. The molecule has 0 N–H and O–H groups in total. The van der Waals surface area contributed by atoms with Crippen molar-refractivity contribution in [2.75, 3.05) is 4.90 Å². The average molecular weight is 392 g/mol. The molecule has 0 saturated heterocycles. The van der Waals surface area contributed by atoms with E-state index in [-0.39, 0.29) is 35.3 Å². The second kappa shape index (κ2) is 6.79. The monoisotopic (exact) mass is 392 g/mol. The van der Waals surface area contributed by atoms with Gasteiger partial charge >= 0.3 is 0 Å². The topological polar surface area (TPSA) is 59.5 Å². The van der Waals surface area contributed by atoms with Crippen molar-refractivity contribution in [3.63, 3.8) is 0 Å². The Hall–Kier alpha value is -3.02. The predicted octanol–water partition coefficient (Wildman–Crippen LogP) is 4.03. The minimum Gasteiger partial charge on any atom is -0.483 e. The number of aryl methyl sites for hydroxylation is 1. The number of rotatable bonds is 2. The number of halogens is 1. The highest BCUT2D eigenvalue weighted by atomic mass is 19.1. The van der Waals surface area contributed by atoms with Gasteiger partial charge in [0.2, 0.25) is 0 Å². The summed E-state index contributed by atoms with van der Waals surface area (Å²) in [6, 6.07) is 8.92. The van der Waals surface area contributed by atoms with Gasteiger partial charge in [-0.2, -0.15) is 0 Å². The Balaban J connectivity index is 1.66. The van der Waals surface area contributed by atoms with E-state index < -0.39 is 6.04 Å². The van der Waals surface area contributed by atoms with Crippen LogP contribution >= 0.6 is 0 Å². The lowest BCUT2D eigenvalue weighted by atomic mass is 9.77. The van der Waals surface area contributed by atoms with Gasteiger partial charge in [0, 0.05) is 6.20 Å². The van der Waals surface area contributed by atoms with E-state index in [4.69, 9.17) is 4.74 Å². The summed E-state index contributed by atoms with van der Waals surface area (Å²) in [5.74, 6) is -0.373. The van der Waals surface area contributed by atoms with E-state index in [9.17, 15) is 14.0 Å². The SMILES string of the molecule is Cc1ccnc(N2C(=O)C3=C(C(=O)C4CCCCC4O3)C2c2ccc(F)cc2)c1. The van der Waals surface area contributed by atoms with Crippen molar-refractivity contribution in [2.45, 2.75) is 44.8 Å². The number of pyridine rings is 1. The summed E-state index contributed by atoms with van der Waals surface area (Å²) < 4.78 is 19.7. The van der Waals surface area contributed by atoms with Crippen LogP contribution in [0.5, 0.6) is 0 Å². The third-order valence-corrected chi connectivity index (χ3v) is 6.10. The lowest BCUT2D eigenvalue weighted by molar-refractivity contribution is -0.131. The van der Waals surface area contributed by atoms with E-state index in [0.717, 1.165) is 31.2 Å². The lowest BCUT2D eigenvalue weighted by Gasteiger charge is -2.35. The van der Waals surface area contributed by atoms with Crippen LogP contribution in [0.1, 0.15) is 42.9 Å². The number of ketones is 1. The first-order chi connectivity index (χ1) is 14.0. The number of Topliss-reactive ketones (excluding diaryl/α,β-unsaturated/α-hetero) is 1. The first-order valence-corrected chi connectivity index (χ1v) is 10.0. The fourth-order valence-corrected chi connectivity index (χ4v) is 4.69. The summed E-state index contributed by atoms with van der Waals surface area (Å²) in [5, 5.41) is 0. The highest BCUT2D eigenvalue weighted by molar-refractivity contribution is 6.17. The van der Waals surface area contributed by atoms with Crippen LogP contribution in [0.2, 0.25) is 0 Å². The smallest absolute Gasteiger partial charge is 0.295 e. The van der Waals surface area contributed by atoms with Crippen molar-refractivity contribution in [2.24, 2.45) is 5.92 Å². The summed E-state index contributed by atoms with van der Waals surface area (Å²) in [7, 11) is 0. The van der Waals surface area contributed by atoms with Gasteiger partial charge in [-0.25, -0.2) is 9.37 Å². The molecule has 0 bridgehead atoms. The molecule has 3 heterocycles. The van der Waals surface area contributed by atoms with Gasteiger partial charge in [0.25, 0.3) is 5.91 Å². The standard InChI is InChI=1S/C23H21FN2O3/c1-13-10-11-25-18(12-13)26-20(14-6-8-15(24)9-7-14)19-21(27)16-4-2-3-5-17(16)29-22(19)23(26)28/h6-12,16-17,20H,2-5H2,1H3. The van der Waals surface area contributed by atoms with Crippen LogP contribution in [-0.2, 0) is 14.3 Å². The molecule has 1 saturated carbocycles. The molecule has 148 valence electrons. The number of nitrogens with zero attached hydrogens (tertiary/aromatic N) is 2. The molecule has 3 unspecified atom stereocenters. The molecule has 3 atom stereocenters. The Bertz CT molecular complexity index is 1030. The van der Waals surface area contributed by atoms with Gasteiger partial charge in [-0.05, 0) is 61.6 Å². The van der Waals surface area contributed by atoms with Crippen molar-refractivity contribution in [1.82, 2.24) is 4.98 Å². The van der Waals surface area contributed by atoms with E-state index in [2.05, 4.69) is 4.98 Å². The minimum absolute atomic E-state index is 0.0196. The molecule has 1 fully saturated rings. The van der Waals surface area contributed by atoms with Crippen LogP contribution < -0.4 is 4.90 Å². The summed E-state index contributed by atoms with van der Waals surface area (Å²) in [5.41, 5.74) is 2.00. The molecule has 6 heteroatoms. The van der Waals surface area contributed by atoms with Gasteiger partial charge in [-0.3, -0.25) is 14.5 Å². The van der Waals surface area contributed by atoms with Gasteiger partial charge in [-0.1, -0.05) is 18.6 Å². The van der Waals surface area contributed by atoms with Gasteiger partial charge in [0.15, 0.2) is 11.5 Å². The fraction of sp³-hybridized carbons (Fsp3) is 0.348. The second-order valence-electron chi connectivity index (χ2n) is 7.97. The van der Waals surface area contributed by atoms with E-state index in [1.54, 1.807) is 18.3 Å². The Labute approximate surface area is 168 Å². The van der Waals surface area contributed by atoms with Gasteiger partial charge < -0.3 is 4.74 Å². The highest BCUT2D eigenvalue weighted by Crippen LogP contribution is 2.47. The number of benzene rings is 1. The Kier molecular flexibility index (Phi) is 4.23. The zero-order valence-corrected chi connectivity index (χ0v) is 16.1. The third kappa shape index (κ3) is 2.85. The fourth-order valence-electron chi connectivity index (χ4n) is 4.69. The summed E-state index contributed by atoms with van der Waals surface area (Å²) >= 11 is 0. The highest BCUT2D eigenvalue weighted by Gasteiger charge is 2.52. The van der Waals surface area contributed by atoms with E-state index in [1.807, 2.05) is 19.1 Å². The Morgan fingerprint density at radius 3 is 2.62 bits per heavy atom. The van der Waals surface area contributed by atoms with Crippen LogP contribution in [0.25, 0.3) is 0 Å². The molecule has 29 heavy (non-hydrogen) atoms. The van der Waals surface area contributed by atoms with Gasteiger partial charge in [-0.15, -0.1) is 0 Å². The van der Waals surface area contributed by atoms with Crippen molar-refractivity contribution in [3.8, 4) is 0 Å².